The lowest BCUT2D eigenvalue weighted by Gasteiger charge is -2.11. The van der Waals surface area contributed by atoms with E-state index < -0.39 is 0 Å². The van der Waals surface area contributed by atoms with Crippen molar-refractivity contribution in [3.63, 3.8) is 0 Å². The number of nitrogens with zero attached hydrogens (tertiary/aromatic N) is 2. The van der Waals surface area contributed by atoms with E-state index in [2.05, 4.69) is 20.9 Å². The average Bonchev–Trinajstić information content (AvgIpc) is 2.79. The minimum atomic E-state index is 0.297. The molecule has 0 aliphatic rings. The topological polar surface area (TPSA) is 17.8 Å². The van der Waals surface area contributed by atoms with E-state index in [9.17, 15) is 0 Å². The second kappa shape index (κ2) is 5.57. The van der Waals surface area contributed by atoms with Gasteiger partial charge in [-0.05, 0) is 46.3 Å². The fourth-order valence-electron chi connectivity index (χ4n) is 2.12. The van der Waals surface area contributed by atoms with E-state index in [0.29, 0.717) is 15.9 Å². The normalized spacial score (nSPS) is 11.2. The Bertz CT molecular complexity index is 798. The largest absolute Gasteiger partial charge is 0.294 e. The van der Waals surface area contributed by atoms with Crippen molar-refractivity contribution in [3.8, 4) is 5.69 Å². The van der Waals surface area contributed by atoms with Crippen molar-refractivity contribution < 1.29 is 0 Å². The van der Waals surface area contributed by atoms with E-state index in [-0.39, 0.29) is 0 Å². The first-order valence-electron chi connectivity index (χ1n) is 5.79. The standard InChI is InChI=1S/C14H8BrCl3N2/c15-14-9(18)2-1-3-11(14)20-12-6-8(17)4-5-10(12)19-13(20)7-16/h1-6H,7H2. The quantitative estimate of drug-likeness (QED) is 0.503. The first-order chi connectivity index (χ1) is 9.61. The van der Waals surface area contributed by atoms with E-state index in [1.54, 1.807) is 0 Å². The van der Waals surface area contributed by atoms with E-state index in [4.69, 9.17) is 34.8 Å². The number of alkyl halides is 1. The van der Waals surface area contributed by atoms with Crippen LogP contribution in [0.3, 0.4) is 0 Å². The minimum Gasteiger partial charge on any atom is -0.294 e. The summed E-state index contributed by atoms with van der Waals surface area (Å²) in [6.45, 7) is 0. The van der Waals surface area contributed by atoms with Crippen LogP contribution in [0.5, 0.6) is 0 Å². The zero-order valence-electron chi connectivity index (χ0n) is 10.1. The third-order valence-corrected chi connectivity index (χ3v) is 4.83. The summed E-state index contributed by atoms with van der Waals surface area (Å²) in [7, 11) is 0. The van der Waals surface area contributed by atoms with Crippen molar-refractivity contribution in [1.29, 1.82) is 0 Å². The number of imidazole rings is 1. The van der Waals surface area contributed by atoms with Gasteiger partial charge in [0.05, 0.1) is 32.1 Å². The fourth-order valence-corrected chi connectivity index (χ4v) is 3.08. The third-order valence-electron chi connectivity index (χ3n) is 2.98. The molecular formula is C14H8BrCl3N2. The highest BCUT2D eigenvalue weighted by Crippen LogP contribution is 2.33. The highest BCUT2D eigenvalue weighted by atomic mass is 79.9. The van der Waals surface area contributed by atoms with E-state index >= 15 is 0 Å². The molecule has 0 radical (unpaired) electrons. The molecule has 0 N–H and O–H groups in total. The Hall–Kier alpha value is -0.740. The zero-order valence-corrected chi connectivity index (χ0v) is 13.9. The number of halogens is 4. The Labute approximate surface area is 139 Å². The molecule has 0 atom stereocenters. The van der Waals surface area contributed by atoms with Crippen LogP contribution >= 0.6 is 50.7 Å². The molecule has 0 fully saturated rings. The number of rotatable bonds is 2. The van der Waals surface area contributed by atoms with Gasteiger partial charge in [-0.25, -0.2) is 4.98 Å². The van der Waals surface area contributed by atoms with E-state index in [0.717, 1.165) is 27.0 Å². The lowest BCUT2D eigenvalue weighted by Crippen LogP contribution is -2.00. The van der Waals surface area contributed by atoms with Crippen LogP contribution in [0.25, 0.3) is 16.7 Å². The molecule has 3 aromatic rings. The van der Waals surface area contributed by atoms with Gasteiger partial charge in [-0.15, -0.1) is 11.6 Å². The Kier molecular flexibility index (Phi) is 3.95. The van der Waals surface area contributed by atoms with Crippen molar-refractivity contribution in [2.75, 3.05) is 0 Å². The van der Waals surface area contributed by atoms with Gasteiger partial charge in [0.1, 0.15) is 5.82 Å². The summed E-state index contributed by atoms with van der Waals surface area (Å²) in [4.78, 5) is 4.53. The minimum absolute atomic E-state index is 0.297. The molecule has 0 aliphatic heterocycles. The van der Waals surface area contributed by atoms with Gasteiger partial charge in [0, 0.05) is 5.02 Å². The molecule has 0 aliphatic carbocycles. The van der Waals surface area contributed by atoms with E-state index in [1.165, 1.54) is 0 Å². The van der Waals surface area contributed by atoms with Gasteiger partial charge in [-0.3, -0.25) is 4.57 Å². The number of aromatic nitrogens is 2. The summed E-state index contributed by atoms with van der Waals surface area (Å²) in [5.41, 5.74) is 2.63. The van der Waals surface area contributed by atoms with Gasteiger partial charge >= 0.3 is 0 Å². The molecule has 3 rings (SSSR count). The molecule has 102 valence electrons. The molecule has 2 nitrogen and oxygen atoms in total. The Morgan fingerprint density at radius 1 is 1.15 bits per heavy atom. The van der Waals surface area contributed by atoms with Gasteiger partial charge in [-0.1, -0.05) is 29.3 Å². The van der Waals surface area contributed by atoms with Crippen LogP contribution in [0, 0.1) is 0 Å². The zero-order chi connectivity index (χ0) is 14.3. The molecule has 0 saturated heterocycles. The van der Waals surface area contributed by atoms with Crippen molar-refractivity contribution in [2.24, 2.45) is 0 Å². The predicted molar refractivity (Wildman–Crippen MR) is 88.3 cm³/mol. The summed E-state index contributed by atoms with van der Waals surface area (Å²) in [6, 6.07) is 11.2. The maximum atomic E-state index is 6.17. The van der Waals surface area contributed by atoms with Crippen LogP contribution < -0.4 is 0 Å². The number of hydrogen-bond donors (Lipinski definition) is 0. The van der Waals surface area contributed by atoms with Crippen molar-refractivity contribution in [1.82, 2.24) is 9.55 Å². The summed E-state index contributed by atoms with van der Waals surface area (Å²) in [6.07, 6.45) is 0. The first kappa shape index (κ1) is 14.2. The SMILES string of the molecule is ClCc1nc2ccc(Cl)cc2n1-c1cccc(Cl)c1Br. The molecule has 0 bridgehead atoms. The Morgan fingerprint density at radius 3 is 2.70 bits per heavy atom. The van der Waals surface area contributed by atoms with Crippen LogP contribution in [0.2, 0.25) is 10.0 Å². The van der Waals surface area contributed by atoms with Gasteiger partial charge in [0.2, 0.25) is 0 Å². The smallest absolute Gasteiger partial charge is 0.129 e. The van der Waals surface area contributed by atoms with Crippen LogP contribution in [0.1, 0.15) is 5.82 Å². The van der Waals surface area contributed by atoms with Crippen LogP contribution in [-0.4, -0.2) is 9.55 Å². The molecule has 1 aromatic heterocycles. The molecule has 0 amide bonds. The molecule has 0 unspecified atom stereocenters. The van der Waals surface area contributed by atoms with Gasteiger partial charge < -0.3 is 0 Å². The van der Waals surface area contributed by atoms with Crippen LogP contribution in [0.15, 0.2) is 40.9 Å². The van der Waals surface area contributed by atoms with Crippen LogP contribution in [0.4, 0.5) is 0 Å². The summed E-state index contributed by atoms with van der Waals surface area (Å²) in [5.74, 6) is 1.04. The Balaban J connectivity index is 2.39. The fraction of sp³-hybridized carbons (Fsp3) is 0.0714. The molecular weight excluding hydrogens is 382 g/mol. The predicted octanol–water partition coefficient (Wildman–Crippen LogP) is 5.83. The Morgan fingerprint density at radius 2 is 1.95 bits per heavy atom. The third kappa shape index (κ3) is 2.33. The molecule has 6 heteroatoms. The molecule has 1 heterocycles. The van der Waals surface area contributed by atoms with E-state index in [1.807, 2.05) is 41.0 Å². The molecule has 0 spiro atoms. The lowest BCUT2D eigenvalue weighted by atomic mass is 10.2. The lowest BCUT2D eigenvalue weighted by molar-refractivity contribution is 0.977. The number of fused-ring (bicyclic) bond motifs is 1. The highest BCUT2D eigenvalue weighted by Gasteiger charge is 2.15. The monoisotopic (exact) mass is 388 g/mol. The highest BCUT2D eigenvalue weighted by molar-refractivity contribution is 9.10. The maximum absolute atomic E-state index is 6.17. The maximum Gasteiger partial charge on any atom is 0.129 e. The first-order valence-corrected chi connectivity index (χ1v) is 7.87. The number of benzene rings is 2. The molecule has 2 aromatic carbocycles. The van der Waals surface area contributed by atoms with Gasteiger partial charge in [0.15, 0.2) is 0 Å². The van der Waals surface area contributed by atoms with Gasteiger partial charge in [0.25, 0.3) is 0 Å². The molecule has 20 heavy (non-hydrogen) atoms. The molecule has 0 saturated carbocycles. The summed E-state index contributed by atoms with van der Waals surface area (Å²) in [5, 5.41) is 1.28. The summed E-state index contributed by atoms with van der Waals surface area (Å²) < 4.78 is 2.76. The van der Waals surface area contributed by atoms with Crippen molar-refractivity contribution in [2.45, 2.75) is 5.88 Å². The summed E-state index contributed by atoms with van der Waals surface area (Å²) >= 11 is 21.8. The number of hydrogen-bond acceptors (Lipinski definition) is 1. The average molecular weight is 390 g/mol. The van der Waals surface area contributed by atoms with Crippen LogP contribution in [-0.2, 0) is 5.88 Å². The van der Waals surface area contributed by atoms with Crippen molar-refractivity contribution in [3.05, 3.63) is 56.7 Å². The second-order valence-electron chi connectivity index (χ2n) is 4.20. The van der Waals surface area contributed by atoms with Gasteiger partial charge in [-0.2, -0.15) is 0 Å². The second-order valence-corrected chi connectivity index (χ2v) is 6.11. The van der Waals surface area contributed by atoms with Crippen molar-refractivity contribution >= 4 is 61.8 Å².